The molecule has 0 fully saturated rings. The molecule has 0 aliphatic heterocycles. The van der Waals surface area contributed by atoms with Gasteiger partial charge in [0.1, 0.15) is 0 Å². The summed E-state index contributed by atoms with van der Waals surface area (Å²) >= 11 is 1.36. The molecule has 0 atom stereocenters. The Morgan fingerprint density at radius 3 is 2.20 bits per heavy atom. The summed E-state index contributed by atoms with van der Waals surface area (Å²) in [4.78, 5) is 9.34. The van der Waals surface area contributed by atoms with E-state index in [-0.39, 0.29) is 4.80 Å². The first-order chi connectivity index (χ1) is 2.27. The van der Waals surface area contributed by atoms with Crippen molar-refractivity contribution in [2.45, 2.75) is 0 Å². The average molecular weight is 132 g/mol. The van der Waals surface area contributed by atoms with E-state index in [4.69, 9.17) is 0 Å². The van der Waals surface area contributed by atoms with Gasteiger partial charge in [0.15, 0.2) is 0 Å². The predicted octanol–water partition coefficient (Wildman–Crippen LogP) is -0.0787. The second-order valence-corrected chi connectivity index (χ2v) is 1.35. The summed E-state index contributed by atoms with van der Waals surface area (Å²) in [5.74, 6) is 0. The standard InChI is InChI=1S/C2H3GeO2/c1-5-2(3)4/h1H3. The molecule has 0 spiro atoms. The predicted molar refractivity (Wildman–Crippen MR) is 18.2 cm³/mol. The molecule has 0 aliphatic carbocycles. The molecule has 3 heteroatoms. The number of rotatable bonds is 0. The van der Waals surface area contributed by atoms with Crippen LogP contribution in [0, 0.1) is 0 Å². The van der Waals surface area contributed by atoms with E-state index in [0.717, 1.165) is 0 Å². The molecule has 27 valence electrons. The quantitative estimate of drug-likeness (QED) is 0.430. The van der Waals surface area contributed by atoms with Gasteiger partial charge in [0, 0.05) is 0 Å². The van der Waals surface area contributed by atoms with Crippen LogP contribution in [0.15, 0.2) is 0 Å². The van der Waals surface area contributed by atoms with E-state index in [1.54, 1.807) is 0 Å². The number of methoxy groups -OCH3 is 1. The van der Waals surface area contributed by atoms with E-state index in [0.29, 0.717) is 0 Å². The van der Waals surface area contributed by atoms with Crippen LogP contribution in [0.3, 0.4) is 0 Å². The van der Waals surface area contributed by atoms with Gasteiger partial charge >= 0.3 is 38.0 Å². The zero-order chi connectivity index (χ0) is 4.28. The summed E-state index contributed by atoms with van der Waals surface area (Å²) in [6, 6.07) is 0. The van der Waals surface area contributed by atoms with E-state index in [1.807, 2.05) is 0 Å². The molecule has 5 heavy (non-hydrogen) atoms. The normalized spacial score (nSPS) is 6.80. The van der Waals surface area contributed by atoms with Gasteiger partial charge in [-0.05, 0) is 0 Å². The second kappa shape index (κ2) is 2.26. The molecule has 0 aromatic rings. The van der Waals surface area contributed by atoms with Crippen molar-refractivity contribution in [3.8, 4) is 0 Å². The van der Waals surface area contributed by atoms with Crippen LogP contribution in [0.1, 0.15) is 0 Å². The first-order valence-corrected chi connectivity index (χ1v) is 2.12. The second-order valence-electron chi connectivity index (χ2n) is 0.492. The molecule has 0 amide bonds. The van der Waals surface area contributed by atoms with Gasteiger partial charge in [-0.25, -0.2) is 0 Å². The van der Waals surface area contributed by atoms with Crippen molar-refractivity contribution in [3.05, 3.63) is 0 Å². The van der Waals surface area contributed by atoms with E-state index in [9.17, 15) is 4.79 Å². The summed E-state index contributed by atoms with van der Waals surface area (Å²) < 4.78 is 4.11. The Bertz CT molecular complexity index is 42.9. The molecule has 0 N–H and O–H groups in total. The molecule has 0 bridgehead atoms. The van der Waals surface area contributed by atoms with Crippen molar-refractivity contribution in [2.24, 2.45) is 0 Å². The van der Waals surface area contributed by atoms with Crippen molar-refractivity contribution in [1.29, 1.82) is 0 Å². The third kappa shape index (κ3) is 4.01. The molecule has 2 nitrogen and oxygen atoms in total. The van der Waals surface area contributed by atoms with Crippen LogP contribution in [-0.4, -0.2) is 28.4 Å². The van der Waals surface area contributed by atoms with Gasteiger partial charge in [-0.15, -0.1) is 0 Å². The molecule has 0 aromatic carbocycles. The van der Waals surface area contributed by atoms with Gasteiger partial charge in [0.05, 0.1) is 0 Å². The summed E-state index contributed by atoms with van der Waals surface area (Å²) in [6.07, 6.45) is 0. The first kappa shape index (κ1) is 5.01. The summed E-state index contributed by atoms with van der Waals surface area (Å²) in [7, 11) is 1.35. The number of carbonyl (C=O) groups is 1. The van der Waals surface area contributed by atoms with Crippen LogP contribution in [0.4, 0.5) is 4.79 Å². The molecule has 3 radical (unpaired) electrons. The molecule has 0 rings (SSSR count). The topological polar surface area (TPSA) is 26.3 Å². The van der Waals surface area contributed by atoms with E-state index < -0.39 is 0 Å². The molecule has 0 saturated heterocycles. The number of carbonyl (C=O) groups excluding carboxylic acids is 1. The fourth-order valence-corrected chi connectivity index (χ4v) is 0. The van der Waals surface area contributed by atoms with Crippen LogP contribution in [0.5, 0.6) is 0 Å². The van der Waals surface area contributed by atoms with Crippen molar-refractivity contribution in [1.82, 2.24) is 0 Å². The van der Waals surface area contributed by atoms with Gasteiger partial charge in [-0.1, -0.05) is 0 Å². The molecular weight excluding hydrogens is 129 g/mol. The average Bonchev–Trinajstić information content (AvgIpc) is 1.38. The third-order valence-corrected chi connectivity index (χ3v) is 0.614. The maximum atomic E-state index is 9.59. The van der Waals surface area contributed by atoms with Crippen molar-refractivity contribution in [3.63, 3.8) is 0 Å². The van der Waals surface area contributed by atoms with Crippen LogP contribution < -0.4 is 0 Å². The summed E-state index contributed by atoms with van der Waals surface area (Å²) in [5.41, 5.74) is 0. The molecular formula is C2H3GeO2. The van der Waals surface area contributed by atoms with E-state index >= 15 is 0 Å². The maximum absolute atomic E-state index is 9.59. The number of hydrogen-bond acceptors (Lipinski definition) is 2. The SMILES string of the molecule is CO[C](=O)[Ge]. The van der Waals surface area contributed by atoms with E-state index in [1.165, 1.54) is 23.6 Å². The van der Waals surface area contributed by atoms with Gasteiger partial charge in [0.25, 0.3) is 0 Å². The molecule has 0 unspecified atom stereocenters. The van der Waals surface area contributed by atoms with Crippen LogP contribution >= 0.6 is 0 Å². The van der Waals surface area contributed by atoms with Gasteiger partial charge in [-0.2, -0.15) is 0 Å². The molecule has 0 heterocycles. The zero-order valence-corrected chi connectivity index (χ0v) is 4.91. The third-order valence-electron chi connectivity index (χ3n) is 0.185. The molecule has 0 saturated carbocycles. The number of hydrogen-bond donors (Lipinski definition) is 0. The minimum atomic E-state index is -0.245. The van der Waals surface area contributed by atoms with Crippen LogP contribution in [0.25, 0.3) is 0 Å². The fraction of sp³-hybridized carbons (Fsp3) is 0.500. The zero-order valence-electron chi connectivity index (χ0n) is 2.82. The van der Waals surface area contributed by atoms with Crippen LogP contribution in [-0.2, 0) is 4.74 Å². The van der Waals surface area contributed by atoms with E-state index in [2.05, 4.69) is 4.74 Å². The van der Waals surface area contributed by atoms with Gasteiger partial charge < -0.3 is 0 Å². The fourth-order valence-electron chi connectivity index (χ4n) is 0. The Hall–Kier alpha value is 0.0129. The molecule has 0 aliphatic rings. The Balaban J connectivity index is 2.85. The van der Waals surface area contributed by atoms with Crippen molar-refractivity contribution in [2.75, 3.05) is 7.11 Å². The number of ether oxygens (including phenoxy) is 1. The summed E-state index contributed by atoms with van der Waals surface area (Å²) in [5, 5.41) is 0. The van der Waals surface area contributed by atoms with Crippen molar-refractivity contribution < 1.29 is 9.53 Å². The Morgan fingerprint density at radius 2 is 2.20 bits per heavy atom. The Morgan fingerprint density at radius 1 is 2.00 bits per heavy atom. The van der Waals surface area contributed by atoms with Gasteiger partial charge in [0.2, 0.25) is 0 Å². The van der Waals surface area contributed by atoms with Gasteiger partial charge in [-0.3, -0.25) is 0 Å². The Labute approximate surface area is 38.7 Å². The monoisotopic (exact) mass is 133 g/mol. The summed E-state index contributed by atoms with van der Waals surface area (Å²) in [6.45, 7) is 0. The van der Waals surface area contributed by atoms with Crippen molar-refractivity contribution >= 4 is 21.3 Å². The van der Waals surface area contributed by atoms with Crippen LogP contribution in [0.2, 0.25) is 0 Å². The first-order valence-electron chi connectivity index (χ1n) is 1.07. The molecule has 0 aromatic heterocycles. The Kier molecular flexibility index (Phi) is 2.27. The minimum absolute atomic E-state index is 0.245.